The Kier molecular flexibility index (Phi) is 8.26. The highest BCUT2D eigenvalue weighted by molar-refractivity contribution is 7.89. The second kappa shape index (κ2) is 10.6. The van der Waals surface area contributed by atoms with Gasteiger partial charge in [-0.15, -0.1) is 11.6 Å². The Hall–Kier alpha value is -0.480. The number of nitrogens with zero attached hydrogens (tertiary/aromatic N) is 1. The molecule has 1 saturated heterocycles. The number of halogens is 2. The molecule has 0 radical (unpaired) electrons. The first-order valence-corrected chi connectivity index (χ1v) is 14.5. The van der Waals surface area contributed by atoms with E-state index in [4.69, 9.17) is 16.3 Å². The van der Waals surface area contributed by atoms with Crippen molar-refractivity contribution in [2.45, 2.75) is 112 Å². The van der Waals surface area contributed by atoms with E-state index in [0.29, 0.717) is 32.1 Å². The highest BCUT2D eigenvalue weighted by Gasteiger charge is 2.48. The SMILES string of the molecule is CC1CCCC(Cl)C1C(=O)NC1CCC2O[C@@H](CO)CN(S(=O)(=O)C3CCC(F)CC3)C2C1. The molecule has 0 aromatic heterocycles. The van der Waals surface area contributed by atoms with E-state index in [1.807, 2.05) is 0 Å². The lowest BCUT2D eigenvalue weighted by Crippen LogP contribution is -2.63. The molecule has 0 bridgehead atoms. The summed E-state index contributed by atoms with van der Waals surface area (Å²) in [6, 6.07) is -0.541. The zero-order valence-corrected chi connectivity index (χ0v) is 20.9. The van der Waals surface area contributed by atoms with Crippen molar-refractivity contribution in [1.29, 1.82) is 0 Å². The van der Waals surface area contributed by atoms with Crippen molar-refractivity contribution in [3.63, 3.8) is 0 Å². The van der Waals surface area contributed by atoms with Gasteiger partial charge in [0.25, 0.3) is 0 Å². The fourth-order valence-corrected chi connectivity index (χ4v) is 9.05. The van der Waals surface area contributed by atoms with E-state index in [9.17, 15) is 22.7 Å². The van der Waals surface area contributed by atoms with Crippen LogP contribution in [0.1, 0.15) is 71.1 Å². The van der Waals surface area contributed by atoms with E-state index in [2.05, 4.69) is 12.2 Å². The molecule has 3 saturated carbocycles. The van der Waals surface area contributed by atoms with Gasteiger partial charge in [0.05, 0.1) is 36.0 Å². The number of fused-ring (bicyclic) bond motifs is 1. The minimum atomic E-state index is -3.67. The summed E-state index contributed by atoms with van der Waals surface area (Å²) in [6.07, 6.45) is 4.00. The number of morpholine rings is 1. The fourth-order valence-electron chi connectivity index (χ4n) is 6.31. The van der Waals surface area contributed by atoms with Crippen LogP contribution in [0.2, 0.25) is 0 Å². The minimum absolute atomic E-state index is 0.0358. The topological polar surface area (TPSA) is 95.9 Å². The first-order valence-electron chi connectivity index (χ1n) is 12.6. The summed E-state index contributed by atoms with van der Waals surface area (Å²) in [5.74, 6) is -0.0371. The van der Waals surface area contributed by atoms with Gasteiger partial charge < -0.3 is 15.2 Å². The van der Waals surface area contributed by atoms with Crippen LogP contribution in [0.15, 0.2) is 0 Å². The number of nitrogens with one attached hydrogen (secondary N) is 1. The van der Waals surface area contributed by atoms with Gasteiger partial charge in [-0.25, -0.2) is 12.8 Å². The molecule has 7 nitrogen and oxygen atoms in total. The van der Waals surface area contributed by atoms with Gasteiger partial charge in [0.1, 0.15) is 6.17 Å². The Morgan fingerprint density at radius 3 is 2.55 bits per heavy atom. The van der Waals surface area contributed by atoms with Gasteiger partial charge >= 0.3 is 0 Å². The smallest absolute Gasteiger partial charge is 0.225 e. The average molecular weight is 509 g/mol. The summed E-state index contributed by atoms with van der Waals surface area (Å²) in [5.41, 5.74) is 0. The molecular formula is C23H38ClFN2O5S. The molecule has 190 valence electrons. The number of ether oxygens (including phenoxy) is 1. The summed E-state index contributed by atoms with van der Waals surface area (Å²) in [6.45, 7) is 1.92. The van der Waals surface area contributed by atoms with Crippen molar-refractivity contribution < 1.29 is 27.4 Å². The maximum Gasteiger partial charge on any atom is 0.225 e. The van der Waals surface area contributed by atoms with E-state index in [-0.39, 0.29) is 61.3 Å². The van der Waals surface area contributed by atoms with Crippen molar-refractivity contribution in [3.05, 3.63) is 0 Å². The first kappa shape index (κ1) is 25.6. The van der Waals surface area contributed by atoms with Crippen molar-refractivity contribution in [2.24, 2.45) is 11.8 Å². The Bertz CT molecular complexity index is 784. The number of alkyl halides is 2. The highest BCUT2D eigenvalue weighted by atomic mass is 35.5. The monoisotopic (exact) mass is 508 g/mol. The lowest BCUT2D eigenvalue weighted by atomic mass is 9.79. The molecule has 2 N–H and O–H groups in total. The third-order valence-corrected chi connectivity index (χ3v) is 11.1. The lowest BCUT2D eigenvalue weighted by Gasteiger charge is -2.49. The van der Waals surface area contributed by atoms with Gasteiger partial charge in [-0.1, -0.05) is 13.3 Å². The van der Waals surface area contributed by atoms with E-state index < -0.39 is 33.6 Å². The molecule has 1 heterocycles. The molecule has 4 fully saturated rings. The van der Waals surface area contributed by atoms with E-state index in [0.717, 1.165) is 19.3 Å². The predicted octanol–water partition coefficient (Wildman–Crippen LogP) is 2.74. The van der Waals surface area contributed by atoms with Crippen LogP contribution in [0.5, 0.6) is 0 Å². The molecule has 1 amide bonds. The maximum absolute atomic E-state index is 13.6. The standard InChI is InChI=1S/C23H38ClFN2O5S/c1-14-3-2-4-19(24)22(14)23(29)26-16-7-10-21-20(11-16)27(12-17(13-28)32-21)33(30,31)18-8-5-15(25)6-9-18/h14-22,28H,2-13H2,1H3,(H,26,29)/t14?,15?,16?,17-,18?,19?,20?,21?,22?/m1/s1. The molecule has 4 aliphatic rings. The number of carbonyl (C=O) groups excluding carboxylic acids is 1. The summed E-state index contributed by atoms with van der Waals surface area (Å²) in [7, 11) is -3.67. The van der Waals surface area contributed by atoms with Gasteiger partial charge in [0.2, 0.25) is 15.9 Å². The molecule has 6 unspecified atom stereocenters. The Balaban J connectivity index is 1.47. The highest BCUT2D eigenvalue weighted by Crippen LogP contribution is 2.38. The molecule has 0 aromatic rings. The van der Waals surface area contributed by atoms with Gasteiger partial charge in [0.15, 0.2) is 0 Å². The van der Waals surface area contributed by atoms with Crippen molar-refractivity contribution in [3.8, 4) is 0 Å². The van der Waals surface area contributed by atoms with Gasteiger partial charge in [-0.05, 0) is 63.7 Å². The summed E-state index contributed by atoms with van der Waals surface area (Å²) >= 11 is 6.49. The summed E-state index contributed by atoms with van der Waals surface area (Å²) < 4.78 is 48.4. The molecular weight excluding hydrogens is 471 g/mol. The van der Waals surface area contributed by atoms with E-state index in [1.54, 1.807) is 0 Å². The molecule has 33 heavy (non-hydrogen) atoms. The quantitative estimate of drug-likeness (QED) is 0.557. The van der Waals surface area contributed by atoms with Crippen LogP contribution in [0.25, 0.3) is 0 Å². The number of aliphatic hydroxyl groups excluding tert-OH is 1. The zero-order chi connectivity index (χ0) is 23.8. The van der Waals surface area contributed by atoms with Crippen LogP contribution >= 0.6 is 11.6 Å². The Morgan fingerprint density at radius 2 is 1.88 bits per heavy atom. The van der Waals surface area contributed by atoms with Gasteiger partial charge in [0, 0.05) is 18.0 Å². The molecule has 0 spiro atoms. The number of hydrogen-bond acceptors (Lipinski definition) is 5. The number of hydrogen-bond donors (Lipinski definition) is 2. The molecule has 4 rings (SSSR count). The van der Waals surface area contributed by atoms with Gasteiger partial charge in [-0.3, -0.25) is 4.79 Å². The second-order valence-electron chi connectivity index (χ2n) is 10.5. The van der Waals surface area contributed by atoms with E-state index >= 15 is 0 Å². The van der Waals surface area contributed by atoms with Crippen molar-refractivity contribution in [2.75, 3.05) is 13.2 Å². The number of sulfonamides is 1. The number of carbonyl (C=O) groups is 1. The van der Waals surface area contributed by atoms with Gasteiger partial charge in [-0.2, -0.15) is 4.31 Å². The minimum Gasteiger partial charge on any atom is -0.394 e. The van der Waals surface area contributed by atoms with Crippen LogP contribution in [0.3, 0.4) is 0 Å². The number of rotatable bonds is 5. The van der Waals surface area contributed by atoms with Crippen LogP contribution in [-0.2, 0) is 19.6 Å². The average Bonchev–Trinajstić information content (AvgIpc) is 2.78. The lowest BCUT2D eigenvalue weighted by molar-refractivity contribution is -0.134. The predicted molar refractivity (Wildman–Crippen MR) is 124 cm³/mol. The molecule has 1 aliphatic heterocycles. The Labute approximate surface area is 201 Å². The van der Waals surface area contributed by atoms with Crippen LogP contribution in [0, 0.1) is 11.8 Å². The Morgan fingerprint density at radius 1 is 1.15 bits per heavy atom. The summed E-state index contributed by atoms with van der Waals surface area (Å²) in [4.78, 5) is 13.1. The number of aliphatic hydroxyl groups is 1. The van der Waals surface area contributed by atoms with Crippen molar-refractivity contribution in [1.82, 2.24) is 9.62 Å². The largest absolute Gasteiger partial charge is 0.394 e. The summed E-state index contributed by atoms with van der Waals surface area (Å²) in [5, 5.41) is 12.1. The normalized spacial score (nSPS) is 43.0. The van der Waals surface area contributed by atoms with Crippen LogP contribution < -0.4 is 5.32 Å². The molecule has 0 aromatic carbocycles. The maximum atomic E-state index is 13.6. The third-order valence-electron chi connectivity index (χ3n) is 8.22. The first-order chi connectivity index (χ1) is 15.7. The molecule has 7 atom stereocenters. The second-order valence-corrected chi connectivity index (χ2v) is 13.2. The van der Waals surface area contributed by atoms with E-state index in [1.165, 1.54) is 4.31 Å². The van der Waals surface area contributed by atoms with Crippen LogP contribution in [-0.4, -0.2) is 78.0 Å². The molecule has 3 aliphatic carbocycles. The van der Waals surface area contributed by atoms with Crippen LogP contribution in [0.4, 0.5) is 4.39 Å². The molecule has 10 heteroatoms. The third kappa shape index (κ3) is 5.52. The van der Waals surface area contributed by atoms with Crippen molar-refractivity contribution >= 4 is 27.5 Å². The zero-order valence-electron chi connectivity index (χ0n) is 19.4. The fraction of sp³-hybridized carbons (Fsp3) is 0.957. The number of amides is 1.